The lowest BCUT2D eigenvalue weighted by molar-refractivity contribution is 0.0698. The van der Waals surface area contributed by atoms with Gasteiger partial charge in [-0.25, -0.2) is 33.5 Å². The van der Waals surface area contributed by atoms with Gasteiger partial charge >= 0.3 is 5.97 Å². The molecule has 2 unspecified atom stereocenters. The number of alkyl halides is 2. The number of hydrogen-bond donors (Lipinski definition) is 1. The Kier molecular flexibility index (Phi) is 3.43. The van der Waals surface area contributed by atoms with Gasteiger partial charge in [0.15, 0.2) is 0 Å². The van der Waals surface area contributed by atoms with E-state index in [1.807, 2.05) is 6.92 Å². The minimum atomic E-state index is -2.54. The molecule has 1 saturated heterocycles. The molecule has 1 N–H and O–H groups in total. The van der Waals surface area contributed by atoms with Crippen molar-refractivity contribution in [2.45, 2.75) is 19.4 Å². The lowest BCUT2D eigenvalue weighted by atomic mass is 10.2. The van der Waals surface area contributed by atoms with E-state index in [0.29, 0.717) is 29.2 Å². The second kappa shape index (κ2) is 5.66. The van der Waals surface area contributed by atoms with Crippen molar-refractivity contribution >= 4 is 23.0 Å². The standard InChI is InChI=1S/C18H16F2N6O2/c1-9-10(2-22-17(24-9)26-6-13-14(7-26)18(13,19)20)4-25-5-12(16(27)28)11-3-21-8-23-15(11)25/h2-3,5,8,13-14H,4,6-7H2,1H3,(H,27,28). The van der Waals surface area contributed by atoms with Gasteiger partial charge in [-0.2, -0.15) is 0 Å². The Labute approximate surface area is 157 Å². The van der Waals surface area contributed by atoms with Gasteiger partial charge in [-0.15, -0.1) is 0 Å². The number of piperidine rings is 1. The van der Waals surface area contributed by atoms with E-state index in [4.69, 9.17) is 0 Å². The Morgan fingerprint density at radius 3 is 2.71 bits per heavy atom. The molecule has 2 aliphatic rings. The van der Waals surface area contributed by atoms with Gasteiger partial charge < -0.3 is 14.6 Å². The van der Waals surface area contributed by atoms with Crippen LogP contribution in [0, 0.1) is 18.8 Å². The molecule has 1 aliphatic carbocycles. The fourth-order valence-electron chi connectivity index (χ4n) is 3.96. The summed E-state index contributed by atoms with van der Waals surface area (Å²) in [6.45, 7) is 2.72. The van der Waals surface area contributed by atoms with Crippen molar-refractivity contribution in [1.29, 1.82) is 0 Å². The molecule has 144 valence electrons. The third-order valence-electron chi connectivity index (χ3n) is 5.66. The van der Waals surface area contributed by atoms with Crippen molar-refractivity contribution in [1.82, 2.24) is 24.5 Å². The van der Waals surface area contributed by atoms with Crippen LogP contribution in [0.4, 0.5) is 14.7 Å². The van der Waals surface area contributed by atoms with E-state index in [9.17, 15) is 18.7 Å². The number of nitrogens with zero attached hydrogens (tertiary/aromatic N) is 6. The van der Waals surface area contributed by atoms with E-state index >= 15 is 0 Å². The highest BCUT2D eigenvalue weighted by Crippen LogP contribution is 2.59. The number of anilines is 1. The smallest absolute Gasteiger partial charge is 0.337 e. The van der Waals surface area contributed by atoms with E-state index < -0.39 is 23.7 Å². The van der Waals surface area contributed by atoms with Crippen LogP contribution in [-0.2, 0) is 6.54 Å². The van der Waals surface area contributed by atoms with Crippen LogP contribution < -0.4 is 4.90 Å². The van der Waals surface area contributed by atoms with Crippen LogP contribution >= 0.6 is 0 Å². The molecule has 8 nitrogen and oxygen atoms in total. The highest BCUT2D eigenvalue weighted by Gasteiger charge is 2.72. The van der Waals surface area contributed by atoms with Crippen LogP contribution in [0.3, 0.4) is 0 Å². The lowest BCUT2D eigenvalue weighted by Crippen LogP contribution is -2.29. The van der Waals surface area contributed by atoms with Crippen molar-refractivity contribution in [2.75, 3.05) is 18.0 Å². The minimum absolute atomic E-state index is 0.128. The fraction of sp³-hybridized carbons (Fsp3) is 0.389. The van der Waals surface area contributed by atoms with Crippen LogP contribution in [0.25, 0.3) is 11.0 Å². The maximum absolute atomic E-state index is 13.4. The molecule has 5 rings (SSSR count). The fourth-order valence-corrected chi connectivity index (χ4v) is 3.96. The summed E-state index contributed by atoms with van der Waals surface area (Å²) in [6.07, 6.45) is 6.02. The Bertz CT molecular complexity index is 1100. The van der Waals surface area contributed by atoms with Crippen molar-refractivity contribution in [3.8, 4) is 0 Å². The molecule has 2 fully saturated rings. The van der Waals surface area contributed by atoms with Crippen molar-refractivity contribution in [3.63, 3.8) is 0 Å². The second-order valence-electron chi connectivity index (χ2n) is 7.31. The number of carbonyl (C=O) groups is 1. The molecular formula is C18H16F2N6O2. The van der Waals surface area contributed by atoms with Crippen molar-refractivity contribution in [3.05, 3.63) is 41.7 Å². The first kappa shape index (κ1) is 17.0. The van der Waals surface area contributed by atoms with Crippen LogP contribution in [-0.4, -0.2) is 54.6 Å². The first-order valence-electron chi connectivity index (χ1n) is 8.83. The minimum Gasteiger partial charge on any atom is -0.478 e. The maximum Gasteiger partial charge on any atom is 0.337 e. The number of hydrogen-bond acceptors (Lipinski definition) is 6. The van der Waals surface area contributed by atoms with Gasteiger partial charge in [-0.3, -0.25) is 0 Å². The third kappa shape index (κ3) is 2.44. The normalized spacial score (nSPS) is 22.5. The van der Waals surface area contributed by atoms with Crippen LogP contribution in [0.2, 0.25) is 0 Å². The summed E-state index contributed by atoms with van der Waals surface area (Å²) in [4.78, 5) is 30.2. The molecule has 0 bridgehead atoms. The molecule has 0 radical (unpaired) electrons. The van der Waals surface area contributed by atoms with Gasteiger partial charge in [0.1, 0.15) is 12.0 Å². The Morgan fingerprint density at radius 2 is 2.04 bits per heavy atom. The summed E-state index contributed by atoms with van der Waals surface area (Å²) in [5.41, 5.74) is 2.15. The first-order chi connectivity index (χ1) is 13.4. The predicted octanol–water partition coefficient (Wildman–Crippen LogP) is 1.98. The SMILES string of the molecule is Cc1nc(N2CC3C(C2)C3(F)F)ncc1Cn1cc(C(=O)O)c2cncnc21. The van der Waals surface area contributed by atoms with E-state index in [1.165, 1.54) is 18.7 Å². The van der Waals surface area contributed by atoms with Crippen molar-refractivity contribution < 1.29 is 18.7 Å². The van der Waals surface area contributed by atoms with E-state index in [-0.39, 0.29) is 18.7 Å². The summed E-state index contributed by atoms with van der Waals surface area (Å²) in [7, 11) is 0. The molecule has 3 aromatic rings. The molecule has 3 aromatic heterocycles. The average molecular weight is 386 g/mol. The zero-order valence-corrected chi connectivity index (χ0v) is 14.9. The highest BCUT2D eigenvalue weighted by molar-refractivity contribution is 6.02. The highest BCUT2D eigenvalue weighted by atomic mass is 19.3. The van der Waals surface area contributed by atoms with E-state index in [2.05, 4.69) is 19.9 Å². The zero-order chi connectivity index (χ0) is 19.6. The predicted molar refractivity (Wildman–Crippen MR) is 94.5 cm³/mol. The molecule has 2 atom stereocenters. The van der Waals surface area contributed by atoms with Gasteiger partial charge in [0.05, 0.1) is 29.3 Å². The van der Waals surface area contributed by atoms with Crippen LogP contribution in [0.15, 0.2) is 24.9 Å². The third-order valence-corrected chi connectivity index (χ3v) is 5.66. The summed E-state index contributed by atoms with van der Waals surface area (Å²) in [6, 6.07) is 0. The van der Waals surface area contributed by atoms with Crippen molar-refractivity contribution in [2.24, 2.45) is 11.8 Å². The molecule has 0 spiro atoms. The Hall–Kier alpha value is -3.17. The largest absolute Gasteiger partial charge is 0.478 e. The monoisotopic (exact) mass is 386 g/mol. The van der Waals surface area contributed by atoms with Gasteiger partial charge in [0.25, 0.3) is 5.92 Å². The number of carboxylic acid groups (broad SMARTS) is 1. The molecule has 0 aromatic carbocycles. The lowest BCUT2D eigenvalue weighted by Gasteiger charge is -2.20. The number of aromatic nitrogens is 5. The van der Waals surface area contributed by atoms with Crippen LogP contribution in [0.5, 0.6) is 0 Å². The zero-order valence-electron chi connectivity index (χ0n) is 14.9. The maximum atomic E-state index is 13.4. The summed E-state index contributed by atoms with van der Waals surface area (Å²) < 4.78 is 28.5. The summed E-state index contributed by atoms with van der Waals surface area (Å²) in [5, 5.41) is 9.84. The van der Waals surface area contributed by atoms with Crippen LogP contribution in [0.1, 0.15) is 21.6 Å². The molecule has 28 heavy (non-hydrogen) atoms. The number of aromatic carboxylic acids is 1. The first-order valence-corrected chi connectivity index (χ1v) is 8.83. The Balaban J connectivity index is 1.41. The molecule has 10 heteroatoms. The van der Waals surface area contributed by atoms with E-state index in [0.717, 1.165) is 5.56 Å². The quantitative estimate of drug-likeness (QED) is 0.732. The molecule has 4 heterocycles. The number of halogens is 2. The van der Waals surface area contributed by atoms with Gasteiger partial charge in [0.2, 0.25) is 5.95 Å². The molecular weight excluding hydrogens is 370 g/mol. The topological polar surface area (TPSA) is 97.0 Å². The number of fused-ring (bicyclic) bond motifs is 2. The van der Waals surface area contributed by atoms with Gasteiger partial charge in [-0.1, -0.05) is 0 Å². The van der Waals surface area contributed by atoms with Gasteiger partial charge in [0, 0.05) is 42.9 Å². The molecule has 1 saturated carbocycles. The van der Waals surface area contributed by atoms with E-state index in [1.54, 1.807) is 15.7 Å². The Morgan fingerprint density at radius 1 is 1.29 bits per heavy atom. The summed E-state index contributed by atoms with van der Waals surface area (Å²) >= 11 is 0. The number of carboxylic acids is 1. The molecule has 1 aliphatic heterocycles. The molecule has 0 amide bonds. The number of aryl methyl sites for hydroxylation is 1. The average Bonchev–Trinajstić information content (AvgIpc) is 3.06. The number of rotatable bonds is 4. The summed E-state index contributed by atoms with van der Waals surface area (Å²) in [5.74, 6) is -4.31. The second-order valence-corrected chi connectivity index (χ2v) is 7.31. The van der Waals surface area contributed by atoms with Gasteiger partial charge in [-0.05, 0) is 6.92 Å².